The van der Waals surface area contributed by atoms with Crippen LogP contribution < -0.4 is 5.32 Å². The van der Waals surface area contributed by atoms with E-state index in [1.165, 1.54) is 12.0 Å². The van der Waals surface area contributed by atoms with Crippen LogP contribution >= 0.6 is 0 Å². The Hall–Kier alpha value is -2.60. The molecule has 0 radical (unpaired) electrons. The fraction of sp³-hybridized carbons (Fsp3) is 0.300. The largest absolute Gasteiger partial charge is 0.348 e. The van der Waals surface area contributed by atoms with Crippen LogP contribution in [0.25, 0.3) is 0 Å². The molecule has 0 aliphatic heterocycles. The topological polar surface area (TPSA) is 42.0 Å². The number of amides is 1. The van der Waals surface area contributed by atoms with E-state index in [2.05, 4.69) is 41.2 Å². The molecule has 3 heteroatoms. The van der Waals surface area contributed by atoms with Gasteiger partial charge in [-0.05, 0) is 55.5 Å². The third kappa shape index (κ3) is 3.98. The summed E-state index contributed by atoms with van der Waals surface area (Å²) < 4.78 is 0. The number of aryl methyl sites for hydroxylation is 1. The van der Waals surface area contributed by atoms with Gasteiger partial charge in [-0.2, -0.15) is 0 Å². The van der Waals surface area contributed by atoms with Crippen LogP contribution in [0.4, 0.5) is 0 Å². The number of pyridine rings is 1. The predicted octanol–water partition coefficient (Wildman–Crippen LogP) is 3.33. The molecule has 1 amide bonds. The molecular formula is C20H20N2O. The van der Waals surface area contributed by atoms with E-state index in [0.29, 0.717) is 11.7 Å². The van der Waals surface area contributed by atoms with Gasteiger partial charge in [0.15, 0.2) is 0 Å². The first-order chi connectivity index (χ1) is 11.2. The number of carbonyl (C=O) groups excluding carboxylic acids is 1. The van der Waals surface area contributed by atoms with Gasteiger partial charge in [-0.15, -0.1) is 0 Å². The molecule has 1 saturated carbocycles. The lowest BCUT2D eigenvalue weighted by molar-refractivity contribution is 0.0912. The average Bonchev–Trinajstić information content (AvgIpc) is 2.57. The standard InChI is InChI=1S/C20H20N2O/c1-2-15-5-3-6-16(13-15)9-10-17-11-12-19(21-14-17)20(23)22-18-7-4-8-18/h3,5-6,11-14,18H,2,4,7-8H2,1H3,(H,22,23). The number of hydrogen-bond acceptors (Lipinski definition) is 2. The van der Waals surface area contributed by atoms with Gasteiger partial charge in [0, 0.05) is 23.4 Å². The maximum absolute atomic E-state index is 12.0. The molecule has 1 fully saturated rings. The molecule has 1 aliphatic rings. The Morgan fingerprint density at radius 2 is 2.04 bits per heavy atom. The van der Waals surface area contributed by atoms with Gasteiger partial charge < -0.3 is 5.32 Å². The van der Waals surface area contributed by atoms with Crippen molar-refractivity contribution in [3.63, 3.8) is 0 Å². The summed E-state index contributed by atoms with van der Waals surface area (Å²) in [6.45, 7) is 2.13. The molecule has 2 aromatic rings. The number of benzene rings is 1. The van der Waals surface area contributed by atoms with E-state index in [4.69, 9.17) is 0 Å². The molecule has 1 heterocycles. The van der Waals surface area contributed by atoms with Crippen molar-refractivity contribution in [3.05, 3.63) is 65.0 Å². The summed E-state index contributed by atoms with van der Waals surface area (Å²) >= 11 is 0. The summed E-state index contributed by atoms with van der Waals surface area (Å²) in [7, 11) is 0. The second-order valence-electron chi connectivity index (χ2n) is 5.84. The zero-order valence-corrected chi connectivity index (χ0v) is 13.3. The van der Waals surface area contributed by atoms with Gasteiger partial charge in [-0.25, -0.2) is 4.98 Å². The molecule has 0 unspecified atom stereocenters. The smallest absolute Gasteiger partial charge is 0.270 e. The molecule has 0 bridgehead atoms. The van der Waals surface area contributed by atoms with Gasteiger partial charge in [0.1, 0.15) is 5.69 Å². The molecule has 1 aromatic carbocycles. The van der Waals surface area contributed by atoms with Gasteiger partial charge in [0.25, 0.3) is 5.91 Å². The number of carbonyl (C=O) groups is 1. The summed E-state index contributed by atoms with van der Waals surface area (Å²) in [6, 6.07) is 12.1. The van der Waals surface area contributed by atoms with E-state index < -0.39 is 0 Å². The minimum atomic E-state index is -0.0927. The zero-order valence-electron chi connectivity index (χ0n) is 13.3. The summed E-state index contributed by atoms with van der Waals surface area (Å²) in [5.74, 6) is 6.15. The molecular weight excluding hydrogens is 284 g/mol. The lowest BCUT2D eigenvalue weighted by Gasteiger charge is -2.26. The lowest BCUT2D eigenvalue weighted by atomic mass is 9.93. The maximum atomic E-state index is 12.0. The molecule has 1 aliphatic carbocycles. The van der Waals surface area contributed by atoms with Crippen molar-refractivity contribution in [1.82, 2.24) is 10.3 Å². The van der Waals surface area contributed by atoms with E-state index in [1.54, 1.807) is 12.3 Å². The number of nitrogens with one attached hydrogen (secondary N) is 1. The summed E-state index contributed by atoms with van der Waals surface area (Å²) in [6.07, 6.45) is 6.01. The predicted molar refractivity (Wildman–Crippen MR) is 91.1 cm³/mol. The van der Waals surface area contributed by atoms with Crippen molar-refractivity contribution in [2.45, 2.75) is 38.6 Å². The van der Waals surface area contributed by atoms with Crippen LogP contribution in [0.1, 0.15) is 53.4 Å². The van der Waals surface area contributed by atoms with Crippen molar-refractivity contribution >= 4 is 5.91 Å². The molecule has 23 heavy (non-hydrogen) atoms. The Morgan fingerprint density at radius 3 is 2.70 bits per heavy atom. The highest BCUT2D eigenvalue weighted by Crippen LogP contribution is 2.18. The van der Waals surface area contributed by atoms with Crippen LogP contribution in [0.2, 0.25) is 0 Å². The summed E-state index contributed by atoms with van der Waals surface area (Å²) in [5.41, 5.74) is 3.54. The van der Waals surface area contributed by atoms with Crippen LogP contribution in [0.5, 0.6) is 0 Å². The van der Waals surface area contributed by atoms with Crippen molar-refractivity contribution < 1.29 is 4.79 Å². The Labute approximate surface area is 137 Å². The molecule has 0 saturated heterocycles. The van der Waals surface area contributed by atoms with E-state index in [9.17, 15) is 4.79 Å². The Morgan fingerprint density at radius 1 is 1.22 bits per heavy atom. The van der Waals surface area contributed by atoms with Crippen molar-refractivity contribution in [2.24, 2.45) is 0 Å². The van der Waals surface area contributed by atoms with E-state index >= 15 is 0 Å². The second-order valence-corrected chi connectivity index (χ2v) is 5.84. The van der Waals surface area contributed by atoms with Crippen LogP contribution in [-0.4, -0.2) is 16.9 Å². The first-order valence-electron chi connectivity index (χ1n) is 8.12. The molecule has 0 atom stereocenters. The third-order valence-electron chi connectivity index (χ3n) is 4.12. The normalized spacial score (nSPS) is 13.6. The fourth-order valence-corrected chi connectivity index (χ4v) is 2.43. The minimum Gasteiger partial charge on any atom is -0.348 e. The highest BCUT2D eigenvalue weighted by molar-refractivity contribution is 5.92. The van der Waals surface area contributed by atoms with E-state index in [0.717, 1.165) is 30.4 Å². The number of hydrogen-bond donors (Lipinski definition) is 1. The molecule has 1 N–H and O–H groups in total. The van der Waals surface area contributed by atoms with Crippen LogP contribution in [0, 0.1) is 11.8 Å². The first kappa shape index (κ1) is 15.3. The zero-order chi connectivity index (χ0) is 16.1. The molecule has 116 valence electrons. The summed E-state index contributed by atoms with van der Waals surface area (Å²) in [5, 5.41) is 2.99. The van der Waals surface area contributed by atoms with Gasteiger partial charge >= 0.3 is 0 Å². The Bertz CT molecular complexity index is 749. The van der Waals surface area contributed by atoms with Gasteiger partial charge in [0.2, 0.25) is 0 Å². The maximum Gasteiger partial charge on any atom is 0.270 e. The molecule has 3 nitrogen and oxygen atoms in total. The minimum absolute atomic E-state index is 0.0927. The lowest BCUT2D eigenvalue weighted by Crippen LogP contribution is -2.39. The number of nitrogens with zero attached hydrogens (tertiary/aromatic N) is 1. The number of rotatable bonds is 3. The van der Waals surface area contributed by atoms with Crippen LogP contribution in [0.3, 0.4) is 0 Å². The van der Waals surface area contributed by atoms with Crippen molar-refractivity contribution in [1.29, 1.82) is 0 Å². The van der Waals surface area contributed by atoms with Gasteiger partial charge in [0.05, 0.1) is 0 Å². The van der Waals surface area contributed by atoms with Crippen LogP contribution in [-0.2, 0) is 6.42 Å². The summed E-state index contributed by atoms with van der Waals surface area (Å²) in [4.78, 5) is 16.2. The SMILES string of the molecule is CCc1cccc(C#Cc2ccc(C(=O)NC3CCC3)nc2)c1. The monoisotopic (exact) mass is 304 g/mol. The highest BCUT2D eigenvalue weighted by atomic mass is 16.1. The van der Waals surface area contributed by atoms with Crippen molar-refractivity contribution in [2.75, 3.05) is 0 Å². The first-order valence-corrected chi connectivity index (χ1v) is 8.12. The Balaban J connectivity index is 1.67. The molecule has 0 spiro atoms. The Kier molecular flexibility index (Phi) is 4.73. The van der Waals surface area contributed by atoms with E-state index in [-0.39, 0.29) is 5.91 Å². The number of aromatic nitrogens is 1. The highest BCUT2D eigenvalue weighted by Gasteiger charge is 2.20. The van der Waals surface area contributed by atoms with Crippen LogP contribution in [0.15, 0.2) is 42.6 Å². The third-order valence-corrected chi connectivity index (χ3v) is 4.12. The average molecular weight is 304 g/mol. The molecule has 1 aromatic heterocycles. The fourth-order valence-electron chi connectivity index (χ4n) is 2.43. The quantitative estimate of drug-likeness (QED) is 0.884. The van der Waals surface area contributed by atoms with E-state index in [1.807, 2.05) is 18.2 Å². The van der Waals surface area contributed by atoms with Crippen molar-refractivity contribution in [3.8, 4) is 11.8 Å². The molecule has 3 rings (SSSR count). The van der Waals surface area contributed by atoms with Gasteiger partial charge in [-0.3, -0.25) is 4.79 Å². The second kappa shape index (κ2) is 7.11. The van der Waals surface area contributed by atoms with Gasteiger partial charge in [-0.1, -0.05) is 30.9 Å².